The van der Waals surface area contributed by atoms with E-state index in [0.717, 1.165) is 24.1 Å². The van der Waals surface area contributed by atoms with Gasteiger partial charge in [-0.1, -0.05) is 6.42 Å². The number of pyridine rings is 1. The third kappa shape index (κ3) is 3.59. The summed E-state index contributed by atoms with van der Waals surface area (Å²) in [4.78, 5) is 19.2. The van der Waals surface area contributed by atoms with Gasteiger partial charge in [0.1, 0.15) is 0 Å². The third-order valence-electron chi connectivity index (χ3n) is 4.81. The molecule has 0 aromatic carbocycles. The first kappa shape index (κ1) is 16.9. The van der Waals surface area contributed by atoms with Crippen molar-refractivity contribution in [1.82, 2.24) is 25.0 Å². The minimum absolute atomic E-state index is 0.0636. The summed E-state index contributed by atoms with van der Waals surface area (Å²) in [5.74, 6) is -0.0636. The van der Waals surface area contributed by atoms with Crippen molar-refractivity contribution < 1.29 is 4.79 Å². The van der Waals surface area contributed by atoms with Crippen LogP contribution in [0.1, 0.15) is 56.4 Å². The molecule has 24 heavy (non-hydrogen) atoms. The lowest BCUT2D eigenvalue weighted by Gasteiger charge is -2.33. The fourth-order valence-corrected chi connectivity index (χ4v) is 3.35. The number of carbonyl (C=O) groups excluding carboxylic acids is 1. The molecule has 3 heterocycles. The van der Waals surface area contributed by atoms with Gasteiger partial charge in [0.2, 0.25) is 0 Å². The zero-order valence-electron chi connectivity index (χ0n) is 14.8. The number of piperidine rings is 1. The van der Waals surface area contributed by atoms with Gasteiger partial charge in [-0.2, -0.15) is 5.10 Å². The molecular weight excluding hydrogens is 302 g/mol. The standard InChI is InChI=1S/C18H27N5O/c1-13(2)23-17-15(12-21-23)10-16(11-20-17)18(24)19-7-9-22-8-5-4-6-14(22)3/h10-14H,4-9H2,1-3H3,(H,19,24). The van der Waals surface area contributed by atoms with E-state index in [0.29, 0.717) is 18.2 Å². The number of fused-ring (bicyclic) bond motifs is 1. The molecule has 1 amide bonds. The first-order chi connectivity index (χ1) is 11.6. The zero-order valence-corrected chi connectivity index (χ0v) is 14.8. The predicted molar refractivity (Wildman–Crippen MR) is 95.1 cm³/mol. The number of nitrogens with one attached hydrogen (secondary N) is 1. The van der Waals surface area contributed by atoms with Gasteiger partial charge in [0.05, 0.1) is 11.8 Å². The van der Waals surface area contributed by atoms with E-state index in [1.165, 1.54) is 19.3 Å². The smallest absolute Gasteiger partial charge is 0.252 e. The summed E-state index contributed by atoms with van der Waals surface area (Å²) in [6.45, 7) is 9.12. The average molecular weight is 329 g/mol. The van der Waals surface area contributed by atoms with Gasteiger partial charge in [-0.3, -0.25) is 9.69 Å². The Balaban J connectivity index is 1.59. The highest BCUT2D eigenvalue weighted by atomic mass is 16.1. The summed E-state index contributed by atoms with van der Waals surface area (Å²) in [6.07, 6.45) is 7.25. The second kappa shape index (κ2) is 7.30. The highest BCUT2D eigenvalue weighted by molar-refractivity contribution is 5.96. The topological polar surface area (TPSA) is 63.1 Å². The Morgan fingerprint density at radius 3 is 2.96 bits per heavy atom. The molecule has 0 aliphatic carbocycles. The third-order valence-corrected chi connectivity index (χ3v) is 4.81. The summed E-state index contributed by atoms with van der Waals surface area (Å²) >= 11 is 0. The summed E-state index contributed by atoms with van der Waals surface area (Å²) in [5, 5.41) is 8.26. The van der Waals surface area contributed by atoms with Crippen LogP contribution in [0, 0.1) is 0 Å². The van der Waals surface area contributed by atoms with Gasteiger partial charge in [-0.15, -0.1) is 0 Å². The van der Waals surface area contributed by atoms with Crippen LogP contribution in [0.4, 0.5) is 0 Å². The minimum atomic E-state index is -0.0636. The van der Waals surface area contributed by atoms with E-state index in [1.807, 2.05) is 10.7 Å². The van der Waals surface area contributed by atoms with Gasteiger partial charge >= 0.3 is 0 Å². The van der Waals surface area contributed by atoms with Crippen LogP contribution in [0.5, 0.6) is 0 Å². The lowest BCUT2D eigenvalue weighted by molar-refractivity contribution is 0.0938. The van der Waals surface area contributed by atoms with Crippen molar-refractivity contribution in [3.63, 3.8) is 0 Å². The van der Waals surface area contributed by atoms with Gasteiger partial charge in [0.25, 0.3) is 5.91 Å². The number of amides is 1. The summed E-state index contributed by atoms with van der Waals surface area (Å²) in [6, 6.07) is 2.74. The summed E-state index contributed by atoms with van der Waals surface area (Å²) in [5.41, 5.74) is 1.42. The Morgan fingerprint density at radius 1 is 1.38 bits per heavy atom. The molecule has 1 saturated heterocycles. The molecule has 0 spiro atoms. The molecule has 3 rings (SSSR count). The number of likely N-dealkylation sites (tertiary alicyclic amines) is 1. The minimum Gasteiger partial charge on any atom is -0.351 e. The number of hydrogen-bond acceptors (Lipinski definition) is 4. The number of hydrogen-bond donors (Lipinski definition) is 1. The molecule has 1 fully saturated rings. The molecule has 1 N–H and O–H groups in total. The molecule has 1 unspecified atom stereocenters. The van der Waals surface area contributed by atoms with Gasteiger partial charge in [0, 0.05) is 36.8 Å². The predicted octanol–water partition coefficient (Wildman–Crippen LogP) is 2.62. The lowest BCUT2D eigenvalue weighted by Crippen LogP contribution is -2.42. The number of nitrogens with zero attached hydrogens (tertiary/aromatic N) is 4. The van der Waals surface area contributed by atoms with E-state index < -0.39 is 0 Å². The summed E-state index contributed by atoms with van der Waals surface area (Å²) < 4.78 is 1.87. The van der Waals surface area contributed by atoms with E-state index in [4.69, 9.17) is 0 Å². The van der Waals surface area contributed by atoms with E-state index in [-0.39, 0.29) is 11.9 Å². The maximum atomic E-state index is 12.4. The van der Waals surface area contributed by atoms with Crippen LogP contribution < -0.4 is 5.32 Å². The van der Waals surface area contributed by atoms with Crippen LogP contribution in [0.3, 0.4) is 0 Å². The van der Waals surface area contributed by atoms with Crippen molar-refractivity contribution in [3.05, 3.63) is 24.0 Å². The fourth-order valence-electron chi connectivity index (χ4n) is 3.35. The van der Waals surface area contributed by atoms with Crippen LogP contribution in [0.2, 0.25) is 0 Å². The molecular formula is C18H27N5O. The van der Waals surface area contributed by atoms with E-state index >= 15 is 0 Å². The number of aromatic nitrogens is 3. The quantitative estimate of drug-likeness (QED) is 0.916. The summed E-state index contributed by atoms with van der Waals surface area (Å²) in [7, 11) is 0. The second-order valence-corrected chi connectivity index (χ2v) is 6.96. The first-order valence-corrected chi connectivity index (χ1v) is 8.92. The molecule has 0 bridgehead atoms. The monoisotopic (exact) mass is 329 g/mol. The Hall–Kier alpha value is -1.95. The first-order valence-electron chi connectivity index (χ1n) is 8.92. The van der Waals surface area contributed by atoms with Crippen molar-refractivity contribution >= 4 is 16.9 Å². The van der Waals surface area contributed by atoms with Crippen molar-refractivity contribution in [2.24, 2.45) is 0 Å². The Labute approximate surface area is 143 Å². The van der Waals surface area contributed by atoms with Gasteiger partial charge in [-0.05, 0) is 46.2 Å². The highest BCUT2D eigenvalue weighted by Gasteiger charge is 2.18. The molecule has 6 nitrogen and oxygen atoms in total. The fraction of sp³-hybridized carbons (Fsp3) is 0.611. The number of carbonyl (C=O) groups is 1. The molecule has 0 radical (unpaired) electrons. The molecule has 2 aromatic rings. The molecule has 1 aliphatic heterocycles. The molecule has 1 atom stereocenters. The second-order valence-electron chi connectivity index (χ2n) is 6.96. The van der Waals surface area contributed by atoms with Crippen LogP contribution in [-0.4, -0.2) is 51.2 Å². The largest absolute Gasteiger partial charge is 0.351 e. The molecule has 0 saturated carbocycles. The van der Waals surface area contributed by atoms with Gasteiger partial charge in [-0.25, -0.2) is 9.67 Å². The number of rotatable bonds is 5. The van der Waals surface area contributed by atoms with E-state index in [2.05, 4.69) is 41.1 Å². The van der Waals surface area contributed by atoms with E-state index in [1.54, 1.807) is 12.4 Å². The van der Waals surface area contributed by atoms with Crippen LogP contribution in [0.25, 0.3) is 11.0 Å². The maximum Gasteiger partial charge on any atom is 0.252 e. The van der Waals surface area contributed by atoms with Gasteiger partial charge in [0.15, 0.2) is 5.65 Å². The average Bonchev–Trinajstić information content (AvgIpc) is 2.99. The van der Waals surface area contributed by atoms with Crippen molar-refractivity contribution in [3.8, 4) is 0 Å². The normalized spacial score (nSPS) is 19.1. The van der Waals surface area contributed by atoms with Crippen molar-refractivity contribution in [2.75, 3.05) is 19.6 Å². The Morgan fingerprint density at radius 2 is 2.21 bits per heavy atom. The van der Waals surface area contributed by atoms with Crippen molar-refractivity contribution in [2.45, 2.75) is 52.1 Å². The SMILES string of the molecule is CC1CCCCN1CCNC(=O)c1cnc2c(cnn2C(C)C)c1. The van der Waals surface area contributed by atoms with Crippen LogP contribution >= 0.6 is 0 Å². The molecule has 2 aromatic heterocycles. The molecule has 6 heteroatoms. The van der Waals surface area contributed by atoms with Crippen LogP contribution in [-0.2, 0) is 0 Å². The molecule has 130 valence electrons. The Bertz CT molecular complexity index is 708. The van der Waals surface area contributed by atoms with Crippen LogP contribution in [0.15, 0.2) is 18.5 Å². The zero-order chi connectivity index (χ0) is 17.1. The van der Waals surface area contributed by atoms with Crippen molar-refractivity contribution in [1.29, 1.82) is 0 Å². The Kier molecular flexibility index (Phi) is 5.14. The molecule has 1 aliphatic rings. The van der Waals surface area contributed by atoms with Gasteiger partial charge < -0.3 is 5.32 Å². The highest BCUT2D eigenvalue weighted by Crippen LogP contribution is 2.17. The maximum absolute atomic E-state index is 12.4. The van der Waals surface area contributed by atoms with E-state index in [9.17, 15) is 4.79 Å². The lowest BCUT2D eigenvalue weighted by atomic mass is 10.0.